The van der Waals surface area contributed by atoms with Crippen molar-refractivity contribution in [3.63, 3.8) is 0 Å². The van der Waals surface area contributed by atoms with Gasteiger partial charge in [-0.2, -0.15) is 0 Å². The predicted molar refractivity (Wildman–Crippen MR) is 25.9 cm³/mol. The molecule has 0 fully saturated rings. The van der Waals surface area contributed by atoms with Crippen molar-refractivity contribution in [1.29, 1.82) is 0 Å². The van der Waals surface area contributed by atoms with Gasteiger partial charge in [-0.1, -0.05) is 0 Å². The molecule has 44 valence electrons. The van der Waals surface area contributed by atoms with Crippen molar-refractivity contribution in [2.45, 2.75) is 0 Å². The molecule has 0 amide bonds. The van der Waals surface area contributed by atoms with E-state index in [0.29, 0.717) is 0 Å². The summed E-state index contributed by atoms with van der Waals surface area (Å²) in [6.07, 6.45) is 0. The Morgan fingerprint density at radius 3 is 2.00 bits per heavy atom. The fourth-order valence-corrected chi connectivity index (χ4v) is 0.524. The van der Waals surface area contributed by atoms with Gasteiger partial charge in [-0.25, -0.2) is 8.42 Å². The predicted octanol–water partition coefficient (Wildman–Crippen LogP) is -0.567. The van der Waals surface area contributed by atoms with Crippen LogP contribution in [0.5, 0.6) is 0 Å². The summed E-state index contributed by atoms with van der Waals surface area (Å²) in [5, 5.41) is 0. The minimum Gasteiger partial charge on any atom is -0.294 e. The molecular weight excluding hydrogens is 140 g/mol. The Morgan fingerprint density at radius 2 is 2.00 bits per heavy atom. The highest BCUT2D eigenvalue weighted by molar-refractivity contribution is 8.56. The molecule has 0 aliphatic carbocycles. The monoisotopic (exact) mass is 144 g/mol. The zero-order valence-corrected chi connectivity index (χ0v) is 5.12. The molecule has 4 nitrogen and oxygen atoms in total. The quantitative estimate of drug-likeness (QED) is 0.416. The molecule has 0 rings (SSSR count). The van der Waals surface area contributed by atoms with Gasteiger partial charge >= 0.3 is 0 Å². The van der Waals surface area contributed by atoms with E-state index in [9.17, 15) is 8.42 Å². The fraction of sp³-hybridized carbons (Fsp3) is 1.00. The van der Waals surface area contributed by atoms with Gasteiger partial charge < -0.3 is 0 Å². The Balaban J connectivity index is 3.58. The maximum absolute atomic E-state index is 9.85. The third kappa shape index (κ3) is 2.86. The average Bonchev–Trinajstić information content (AvgIpc) is 1.65. The van der Waals surface area contributed by atoms with Crippen molar-refractivity contribution < 1.29 is 17.2 Å². The maximum Gasteiger partial charge on any atom is 0.277 e. The van der Waals surface area contributed by atoms with Gasteiger partial charge in [-0.15, -0.1) is 0 Å². The molecule has 0 bridgehead atoms. The highest BCUT2D eigenvalue weighted by Gasteiger charge is 2.01. The molecule has 0 aromatic rings. The average molecular weight is 144 g/mol. The SMILES string of the molecule is COS(=O)S(=O)O. The van der Waals surface area contributed by atoms with Gasteiger partial charge in [0.2, 0.25) is 0 Å². The van der Waals surface area contributed by atoms with Crippen LogP contribution in [0.25, 0.3) is 0 Å². The first-order chi connectivity index (χ1) is 3.18. The minimum atomic E-state index is -2.36. The lowest BCUT2D eigenvalue weighted by atomic mass is 11.8. The van der Waals surface area contributed by atoms with E-state index in [2.05, 4.69) is 4.18 Å². The summed E-state index contributed by atoms with van der Waals surface area (Å²) in [5.74, 6) is 0. The van der Waals surface area contributed by atoms with Crippen LogP contribution < -0.4 is 0 Å². The molecule has 0 aromatic carbocycles. The molecule has 0 saturated heterocycles. The third-order valence-corrected chi connectivity index (χ3v) is 1.86. The molecular formula is CH4O4S2. The van der Waals surface area contributed by atoms with Gasteiger partial charge in [0.15, 0.2) is 0 Å². The number of hydrogen-bond donors (Lipinski definition) is 1. The standard InChI is InChI=1S/CH4O4S2/c1-5-7(4)6(2)3/h1H3,(H,2,3). The highest BCUT2D eigenvalue weighted by Crippen LogP contribution is 1.83. The van der Waals surface area contributed by atoms with Crippen molar-refractivity contribution in [1.82, 2.24) is 0 Å². The van der Waals surface area contributed by atoms with Crippen LogP contribution in [0.4, 0.5) is 0 Å². The first kappa shape index (κ1) is 7.22. The van der Waals surface area contributed by atoms with E-state index in [1.165, 1.54) is 0 Å². The molecule has 0 aromatic heterocycles. The van der Waals surface area contributed by atoms with Crippen LogP contribution in [0, 0.1) is 0 Å². The fourth-order valence-electron chi connectivity index (χ4n) is 0.0582. The molecule has 0 aliphatic rings. The number of rotatable bonds is 2. The second-order valence-electron chi connectivity index (χ2n) is 0.588. The number of hydrogen-bond acceptors (Lipinski definition) is 3. The minimum absolute atomic E-state index is 1.09. The van der Waals surface area contributed by atoms with Gasteiger partial charge in [-0.05, 0) is 0 Å². The van der Waals surface area contributed by atoms with Crippen molar-refractivity contribution in [3.8, 4) is 0 Å². The Bertz CT molecular complexity index is 97.9. The van der Waals surface area contributed by atoms with Crippen molar-refractivity contribution in [2.75, 3.05) is 7.11 Å². The summed E-state index contributed by atoms with van der Waals surface area (Å²) in [7, 11) is -3.32. The van der Waals surface area contributed by atoms with Crippen LogP contribution in [0.15, 0.2) is 0 Å². The third-order valence-electron chi connectivity index (χ3n) is 0.252. The molecule has 7 heavy (non-hydrogen) atoms. The molecule has 0 saturated carbocycles. The van der Waals surface area contributed by atoms with Crippen molar-refractivity contribution >= 4 is 20.2 Å². The lowest BCUT2D eigenvalue weighted by molar-refractivity contribution is 0.451. The Kier molecular flexibility index (Phi) is 3.35. The molecule has 2 unspecified atom stereocenters. The Labute approximate surface area is 45.2 Å². The van der Waals surface area contributed by atoms with Gasteiger partial charge in [0.1, 0.15) is 0 Å². The molecule has 1 N–H and O–H groups in total. The summed E-state index contributed by atoms with van der Waals surface area (Å²) in [6, 6.07) is 0. The highest BCUT2D eigenvalue weighted by atomic mass is 33.2. The Morgan fingerprint density at radius 1 is 1.57 bits per heavy atom. The van der Waals surface area contributed by atoms with E-state index < -0.39 is 20.2 Å². The van der Waals surface area contributed by atoms with E-state index >= 15 is 0 Å². The van der Waals surface area contributed by atoms with Crippen LogP contribution >= 0.6 is 0 Å². The molecule has 0 aliphatic heterocycles. The second kappa shape index (κ2) is 3.25. The Hall–Kier alpha value is 0.220. The largest absolute Gasteiger partial charge is 0.294 e. The van der Waals surface area contributed by atoms with E-state index in [-0.39, 0.29) is 0 Å². The summed E-state index contributed by atoms with van der Waals surface area (Å²) in [4.78, 5) is 0. The van der Waals surface area contributed by atoms with Crippen LogP contribution in [-0.2, 0) is 24.4 Å². The summed E-state index contributed by atoms with van der Waals surface area (Å²) >= 11 is 0. The molecule has 0 heterocycles. The first-order valence-electron chi connectivity index (χ1n) is 1.26. The van der Waals surface area contributed by atoms with E-state index in [1.807, 2.05) is 0 Å². The molecule has 2 atom stereocenters. The maximum atomic E-state index is 9.85. The van der Waals surface area contributed by atoms with Crippen LogP contribution in [-0.4, -0.2) is 20.1 Å². The zero-order valence-electron chi connectivity index (χ0n) is 3.49. The topological polar surface area (TPSA) is 63.6 Å². The van der Waals surface area contributed by atoms with Gasteiger partial charge in [-0.3, -0.25) is 8.74 Å². The zero-order chi connectivity index (χ0) is 5.86. The lowest BCUT2D eigenvalue weighted by Crippen LogP contribution is -1.98. The van der Waals surface area contributed by atoms with E-state index in [0.717, 1.165) is 7.11 Å². The van der Waals surface area contributed by atoms with E-state index in [4.69, 9.17) is 4.55 Å². The van der Waals surface area contributed by atoms with E-state index in [1.54, 1.807) is 0 Å². The molecule has 0 radical (unpaired) electrons. The van der Waals surface area contributed by atoms with Crippen LogP contribution in [0.2, 0.25) is 0 Å². The van der Waals surface area contributed by atoms with Gasteiger partial charge in [0, 0.05) is 0 Å². The molecule has 0 spiro atoms. The summed E-state index contributed by atoms with van der Waals surface area (Å²) < 4.78 is 31.3. The van der Waals surface area contributed by atoms with Crippen LogP contribution in [0.1, 0.15) is 0 Å². The summed E-state index contributed by atoms with van der Waals surface area (Å²) in [5.41, 5.74) is 0. The first-order valence-corrected chi connectivity index (χ1v) is 3.96. The summed E-state index contributed by atoms with van der Waals surface area (Å²) in [6.45, 7) is 0. The molecule has 6 heteroatoms. The van der Waals surface area contributed by atoms with Crippen LogP contribution in [0.3, 0.4) is 0 Å². The van der Waals surface area contributed by atoms with Crippen molar-refractivity contribution in [2.24, 2.45) is 0 Å². The lowest BCUT2D eigenvalue weighted by Gasteiger charge is -1.85. The second-order valence-corrected chi connectivity index (χ2v) is 3.44. The van der Waals surface area contributed by atoms with Crippen molar-refractivity contribution in [3.05, 3.63) is 0 Å². The smallest absolute Gasteiger partial charge is 0.277 e. The normalized spacial score (nSPS) is 18.6. The van der Waals surface area contributed by atoms with Gasteiger partial charge in [0.05, 0.1) is 7.11 Å². The van der Waals surface area contributed by atoms with Gasteiger partial charge in [0.25, 0.3) is 20.2 Å².